The van der Waals surface area contributed by atoms with E-state index in [2.05, 4.69) is 10.4 Å². The number of hydrogen-bond donors (Lipinski definition) is 1. The number of carbonyl (C=O) groups excluding carboxylic acids is 1. The Labute approximate surface area is 108 Å². The van der Waals surface area contributed by atoms with Gasteiger partial charge in [-0.05, 0) is 31.2 Å². The third-order valence-electron chi connectivity index (χ3n) is 2.49. The predicted octanol–water partition coefficient (Wildman–Crippen LogP) is 2.88. The monoisotopic (exact) mass is 267 g/mol. The van der Waals surface area contributed by atoms with Gasteiger partial charge in [0.15, 0.2) is 0 Å². The fourth-order valence-corrected chi connectivity index (χ4v) is 1.62. The Morgan fingerprint density at radius 3 is 2.94 bits per heavy atom. The fourth-order valence-electron chi connectivity index (χ4n) is 1.46. The molecule has 0 radical (unpaired) electrons. The quantitative estimate of drug-likeness (QED) is 0.929. The Morgan fingerprint density at radius 2 is 2.33 bits per heavy atom. The van der Waals surface area contributed by atoms with E-state index >= 15 is 0 Å². The summed E-state index contributed by atoms with van der Waals surface area (Å²) in [6.07, 6.45) is 3.25. The summed E-state index contributed by atoms with van der Waals surface area (Å²) in [7, 11) is 0. The van der Waals surface area contributed by atoms with E-state index in [9.17, 15) is 9.18 Å². The second-order valence-corrected chi connectivity index (χ2v) is 4.21. The van der Waals surface area contributed by atoms with Crippen LogP contribution < -0.4 is 5.32 Å². The van der Waals surface area contributed by atoms with Crippen LogP contribution in [-0.2, 0) is 4.79 Å². The number of aromatic nitrogens is 2. The summed E-state index contributed by atoms with van der Waals surface area (Å²) in [5.41, 5.74) is 0.100. The summed E-state index contributed by atoms with van der Waals surface area (Å²) in [5, 5.41) is 6.73. The van der Waals surface area contributed by atoms with Gasteiger partial charge in [-0.15, -0.1) is 0 Å². The maximum Gasteiger partial charge on any atom is 0.249 e. The lowest BCUT2D eigenvalue weighted by atomic mass is 10.2. The molecule has 18 heavy (non-hydrogen) atoms. The van der Waals surface area contributed by atoms with E-state index in [1.54, 1.807) is 25.4 Å². The molecule has 2 rings (SSSR count). The third kappa shape index (κ3) is 2.68. The van der Waals surface area contributed by atoms with Crippen LogP contribution in [0.4, 0.5) is 10.1 Å². The molecule has 1 atom stereocenters. The van der Waals surface area contributed by atoms with Crippen LogP contribution in [0.5, 0.6) is 0 Å². The highest BCUT2D eigenvalue weighted by Crippen LogP contribution is 2.20. The SMILES string of the molecule is CC(C(=O)Nc1ccc(Cl)cc1F)n1cccn1. The number of benzene rings is 1. The summed E-state index contributed by atoms with van der Waals surface area (Å²) in [4.78, 5) is 11.9. The summed E-state index contributed by atoms with van der Waals surface area (Å²) in [6.45, 7) is 1.68. The number of amides is 1. The van der Waals surface area contributed by atoms with Crippen LogP contribution in [0.2, 0.25) is 5.02 Å². The molecule has 0 fully saturated rings. The Balaban J connectivity index is 2.12. The Hall–Kier alpha value is -1.88. The maximum atomic E-state index is 13.5. The second kappa shape index (κ2) is 5.18. The number of rotatable bonds is 3. The average Bonchev–Trinajstić information content (AvgIpc) is 2.85. The molecule has 1 heterocycles. The third-order valence-corrected chi connectivity index (χ3v) is 2.73. The van der Waals surface area contributed by atoms with Crippen LogP contribution >= 0.6 is 11.6 Å². The molecule has 0 bridgehead atoms. The van der Waals surface area contributed by atoms with Crippen LogP contribution in [0.3, 0.4) is 0 Å². The molecule has 0 spiro atoms. The van der Waals surface area contributed by atoms with Gasteiger partial charge in [0, 0.05) is 17.4 Å². The van der Waals surface area contributed by atoms with Crippen molar-refractivity contribution in [3.05, 3.63) is 47.5 Å². The number of carbonyl (C=O) groups is 1. The van der Waals surface area contributed by atoms with Crippen LogP contribution in [0.25, 0.3) is 0 Å². The topological polar surface area (TPSA) is 46.9 Å². The lowest BCUT2D eigenvalue weighted by molar-refractivity contribution is -0.119. The number of hydrogen-bond acceptors (Lipinski definition) is 2. The predicted molar refractivity (Wildman–Crippen MR) is 67.0 cm³/mol. The van der Waals surface area contributed by atoms with E-state index < -0.39 is 11.9 Å². The molecule has 0 saturated heterocycles. The van der Waals surface area contributed by atoms with Crippen molar-refractivity contribution in [1.29, 1.82) is 0 Å². The molecule has 0 aliphatic rings. The molecular formula is C12H11ClFN3O. The molecular weight excluding hydrogens is 257 g/mol. The van der Waals surface area contributed by atoms with Crippen LogP contribution in [0.1, 0.15) is 13.0 Å². The van der Waals surface area contributed by atoms with Gasteiger partial charge < -0.3 is 5.32 Å². The van der Waals surface area contributed by atoms with Crippen LogP contribution in [-0.4, -0.2) is 15.7 Å². The van der Waals surface area contributed by atoms with Crippen molar-refractivity contribution in [3.63, 3.8) is 0 Å². The van der Waals surface area contributed by atoms with Crippen molar-refractivity contribution >= 4 is 23.2 Å². The molecule has 1 N–H and O–H groups in total. The maximum absolute atomic E-state index is 13.5. The summed E-state index contributed by atoms with van der Waals surface area (Å²) in [6, 6.07) is 5.28. The first kappa shape index (κ1) is 12.6. The van der Waals surface area contributed by atoms with Crippen molar-refractivity contribution in [3.8, 4) is 0 Å². The minimum atomic E-state index is -0.566. The zero-order valence-electron chi connectivity index (χ0n) is 9.60. The highest BCUT2D eigenvalue weighted by atomic mass is 35.5. The van der Waals surface area contributed by atoms with Gasteiger partial charge in [0.05, 0.1) is 5.69 Å². The Morgan fingerprint density at radius 1 is 1.56 bits per heavy atom. The van der Waals surface area contributed by atoms with Crippen molar-refractivity contribution in [2.45, 2.75) is 13.0 Å². The van der Waals surface area contributed by atoms with Gasteiger partial charge in [0.1, 0.15) is 11.9 Å². The van der Waals surface area contributed by atoms with Crippen molar-refractivity contribution < 1.29 is 9.18 Å². The van der Waals surface area contributed by atoms with E-state index in [4.69, 9.17) is 11.6 Å². The molecule has 94 valence electrons. The molecule has 4 nitrogen and oxygen atoms in total. The molecule has 0 aliphatic heterocycles. The number of halogens is 2. The number of nitrogens with zero attached hydrogens (tertiary/aromatic N) is 2. The van der Waals surface area contributed by atoms with Gasteiger partial charge in [-0.25, -0.2) is 4.39 Å². The first-order valence-electron chi connectivity index (χ1n) is 5.33. The van der Waals surface area contributed by atoms with Gasteiger partial charge >= 0.3 is 0 Å². The first-order valence-corrected chi connectivity index (χ1v) is 5.71. The van der Waals surface area contributed by atoms with Crippen molar-refractivity contribution in [2.75, 3.05) is 5.32 Å². The number of nitrogens with one attached hydrogen (secondary N) is 1. The fraction of sp³-hybridized carbons (Fsp3) is 0.167. The molecule has 6 heteroatoms. The van der Waals surface area contributed by atoms with Gasteiger partial charge in [-0.1, -0.05) is 11.6 Å². The zero-order chi connectivity index (χ0) is 13.1. The first-order chi connectivity index (χ1) is 8.58. The van der Waals surface area contributed by atoms with Crippen molar-refractivity contribution in [2.24, 2.45) is 0 Å². The van der Waals surface area contributed by atoms with Gasteiger partial charge in [-0.3, -0.25) is 9.48 Å². The van der Waals surface area contributed by atoms with E-state index in [1.807, 2.05) is 0 Å². The highest BCUT2D eigenvalue weighted by molar-refractivity contribution is 6.30. The van der Waals surface area contributed by atoms with E-state index in [0.717, 1.165) is 6.07 Å². The van der Waals surface area contributed by atoms with E-state index in [0.29, 0.717) is 0 Å². The summed E-state index contributed by atoms with van der Waals surface area (Å²) < 4.78 is 15.0. The van der Waals surface area contributed by atoms with Gasteiger partial charge in [0.25, 0.3) is 0 Å². The standard InChI is InChI=1S/C12H11ClFN3O/c1-8(17-6-2-5-15-17)12(18)16-11-4-3-9(13)7-10(11)14/h2-8H,1H3,(H,16,18). The zero-order valence-corrected chi connectivity index (χ0v) is 10.4. The van der Waals surface area contributed by atoms with Gasteiger partial charge in [0.2, 0.25) is 5.91 Å². The molecule has 0 aliphatic carbocycles. The molecule has 1 aromatic carbocycles. The normalized spacial score (nSPS) is 12.2. The average molecular weight is 268 g/mol. The van der Waals surface area contributed by atoms with Gasteiger partial charge in [-0.2, -0.15) is 5.10 Å². The molecule has 1 amide bonds. The lowest BCUT2D eigenvalue weighted by Crippen LogP contribution is -2.24. The van der Waals surface area contributed by atoms with Crippen LogP contribution in [0.15, 0.2) is 36.7 Å². The molecule has 2 aromatic rings. The molecule has 1 unspecified atom stereocenters. The Bertz CT molecular complexity index is 556. The van der Waals surface area contributed by atoms with Crippen LogP contribution in [0, 0.1) is 5.82 Å². The summed E-state index contributed by atoms with van der Waals surface area (Å²) >= 11 is 5.63. The van der Waals surface area contributed by atoms with E-state index in [1.165, 1.54) is 16.8 Å². The van der Waals surface area contributed by atoms with Crippen molar-refractivity contribution in [1.82, 2.24) is 9.78 Å². The summed E-state index contributed by atoms with van der Waals surface area (Å²) in [5.74, 6) is -0.913. The van der Waals surface area contributed by atoms with E-state index in [-0.39, 0.29) is 16.6 Å². The highest BCUT2D eigenvalue weighted by Gasteiger charge is 2.16. The second-order valence-electron chi connectivity index (χ2n) is 3.78. The largest absolute Gasteiger partial charge is 0.322 e. The minimum Gasteiger partial charge on any atom is -0.322 e. The number of anilines is 1. The lowest BCUT2D eigenvalue weighted by Gasteiger charge is -2.13. The minimum absolute atomic E-state index is 0.100. The Kier molecular flexibility index (Phi) is 3.62. The smallest absolute Gasteiger partial charge is 0.249 e. The molecule has 0 saturated carbocycles. The molecule has 1 aromatic heterocycles.